The van der Waals surface area contributed by atoms with E-state index in [9.17, 15) is 19.7 Å². The number of carbonyl (C=O) groups is 2. The minimum Gasteiger partial charge on any atom is -0.451 e. The molecule has 0 radical (unpaired) electrons. The Bertz CT molecular complexity index is 625. The Morgan fingerprint density at radius 2 is 2.00 bits per heavy atom. The van der Waals surface area contributed by atoms with Crippen molar-refractivity contribution in [3.8, 4) is 0 Å². The average molecular weight is 333 g/mol. The van der Waals surface area contributed by atoms with Crippen molar-refractivity contribution in [3.63, 3.8) is 0 Å². The number of hydrogen-bond acceptors (Lipinski definition) is 5. The lowest BCUT2D eigenvalue weighted by molar-refractivity contribution is -0.384. The second-order valence-electron chi connectivity index (χ2n) is 6.62. The van der Waals surface area contributed by atoms with Crippen LogP contribution in [0.2, 0.25) is 0 Å². The van der Waals surface area contributed by atoms with Crippen molar-refractivity contribution in [2.24, 2.45) is 5.41 Å². The number of Topliss-reactive ketones (excluding diaryl/α,β-unsaturated/α-hetero) is 1. The molecule has 2 atom stereocenters. The van der Waals surface area contributed by atoms with Gasteiger partial charge in [0.1, 0.15) is 0 Å². The van der Waals surface area contributed by atoms with Crippen LogP contribution in [-0.4, -0.2) is 22.8 Å². The highest BCUT2D eigenvalue weighted by molar-refractivity contribution is 5.95. The molecule has 24 heavy (non-hydrogen) atoms. The zero-order chi connectivity index (χ0) is 17.7. The van der Waals surface area contributed by atoms with Gasteiger partial charge in [-0.1, -0.05) is 33.1 Å². The molecule has 6 nitrogen and oxygen atoms in total. The summed E-state index contributed by atoms with van der Waals surface area (Å²) in [6, 6.07) is 5.20. The molecule has 1 aliphatic rings. The first-order valence-corrected chi connectivity index (χ1v) is 8.37. The van der Waals surface area contributed by atoms with Crippen LogP contribution < -0.4 is 0 Å². The van der Waals surface area contributed by atoms with Crippen LogP contribution in [0.5, 0.6) is 0 Å². The van der Waals surface area contributed by atoms with Crippen LogP contribution >= 0.6 is 0 Å². The maximum absolute atomic E-state index is 12.6. The summed E-state index contributed by atoms with van der Waals surface area (Å²) >= 11 is 0. The molecule has 0 aliphatic heterocycles. The predicted octanol–water partition coefficient (Wildman–Crippen LogP) is 4.07. The van der Waals surface area contributed by atoms with Crippen LogP contribution in [0.1, 0.15) is 62.7 Å². The SMILES string of the molecule is CCCCCC1(C)CCC(OC(=O)c2ccc([N+](=O)[O-])cc2)C1=O. The van der Waals surface area contributed by atoms with Crippen molar-refractivity contribution in [2.45, 2.75) is 58.5 Å². The lowest BCUT2D eigenvalue weighted by Gasteiger charge is -2.22. The number of ether oxygens (including phenoxy) is 1. The Balaban J connectivity index is 1.97. The number of carbonyl (C=O) groups excluding carboxylic acids is 2. The van der Waals surface area contributed by atoms with E-state index >= 15 is 0 Å². The van der Waals surface area contributed by atoms with Gasteiger partial charge in [0.15, 0.2) is 11.9 Å². The smallest absolute Gasteiger partial charge is 0.338 e. The van der Waals surface area contributed by atoms with E-state index < -0.39 is 22.4 Å². The number of nitrogens with zero attached hydrogens (tertiary/aromatic N) is 1. The van der Waals surface area contributed by atoms with Gasteiger partial charge in [-0.15, -0.1) is 0 Å². The second kappa shape index (κ2) is 7.55. The summed E-state index contributed by atoms with van der Waals surface area (Å²) in [6.07, 6.45) is 4.58. The molecule has 6 heteroatoms. The number of nitro benzene ring substituents is 1. The molecule has 1 aromatic carbocycles. The van der Waals surface area contributed by atoms with E-state index in [-0.39, 0.29) is 17.0 Å². The summed E-state index contributed by atoms with van der Waals surface area (Å²) < 4.78 is 5.35. The zero-order valence-corrected chi connectivity index (χ0v) is 14.1. The molecule has 1 aromatic rings. The summed E-state index contributed by atoms with van der Waals surface area (Å²) in [4.78, 5) is 34.8. The Kier molecular flexibility index (Phi) is 5.70. The highest BCUT2D eigenvalue weighted by atomic mass is 16.6. The molecule has 1 fully saturated rings. The Morgan fingerprint density at radius 3 is 2.58 bits per heavy atom. The fraction of sp³-hybridized carbons (Fsp3) is 0.556. The molecule has 0 N–H and O–H groups in total. The molecule has 1 saturated carbocycles. The molecule has 2 unspecified atom stereocenters. The quantitative estimate of drug-likeness (QED) is 0.325. The Hall–Kier alpha value is -2.24. The normalized spacial score (nSPS) is 23.2. The highest BCUT2D eigenvalue weighted by Gasteiger charge is 2.45. The van der Waals surface area contributed by atoms with Crippen LogP contribution in [0.4, 0.5) is 5.69 Å². The Labute approximate surface area is 141 Å². The fourth-order valence-electron chi connectivity index (χ4n) is 3.13. The molecular formula is C18H23NO5. The number of benzene rings is 1. The first-order chi connectivity index (χ1) is 11.4. The zero-order valence-electron chi connectivity index (χ0n) is 14.1. The molecule has 2 rings (SSSR count). The third-order valence-electron chi connectivity index (χ3n) is 4.74. The van der Waals surface area contributed by atoms with E-state index in [1.54, 1.807) is 0 Å². The van der Waals surface area contributed by atoms with E-state index in [0.717, 1.165) is 32.1 Å². The summed E-state index contributed by atoms with van der Waals surface area (Å²) in [7, 11) is 0. The van der Waals surface area contributed by atoms with Gasteiger partial charge in [0.2, 0.25) is 0 Å². The van der Waals surface area contributed by atoms with E-state index in [4.69, 9.17) is 4.74 Å². The minimum atomic E-state index is -0.709. The van der Waals surface area contributed by atoms with Gasteiger partial charge in [-0.05, 0) is 31.4 Å². The first-order valence-electron chi connectivity index (χ1n) is 8.37. The molecule has 1 aliphatic carbocycles. The second-order valence-corrected chi connectivity index (χ2v) is 6.62. The van der Waals surface area contributed by atoms with Crippen LogP contribution in [0.3, 0.4) is 0 Å². The summed E-state index contributed by atoms with van der Waals surface area (Å²) in [5.74, 6) is -0.616. The maximum atomic E-state index is 12.6. The molecular weight excluding hydrogens is 310 g/mol. The minimum absolute atomic E-state index is 0.00568. The summed E-state index contributed by atoms with van der Waals surface area (Å²) in [5.41, 5.74) is -0.282. The van der Waals surface area contributed by atoms with E-state index in [1.807, 2.05) is 6.92 Å². The van der Waals surface area contributed by atoms with Gasteiger partial charge in [0.25, 0.3) is 5.69 Å². The molecule has 0 aromatic heterocycles. The summed E-state index contributed by atoms with van der Waals surface area (Å²) in [6.45, 7) is 4.07. The van der Waals surface area contributed by atoms with Gasteiger partial charge in [-0.3, -0.25) is 14.9 Å². The van der Waals surface area contributed by atoms with Crippen molar-refractivity contribution < 1.29 is 19.2 Å². The van der Waals surface area contributed by atoms with E-state index in [2.05, 4.69) is 6.92 Å². The van der Waals surface area contributed by atoms with Crippen LogP contribution in [-0.2, 0) is 9.53 Å². The van der Waals surface area contributed by atoms with Crippen molar-refractivity contribution in [1.29, 1.82) is 0 Å². The maximum Gasteiger partial charge on any atom is 0.338 e. The van der Waals surface area contributed by atoms with E-state index in [1.165, 1.54) is 24.3 Å². The standard InChI is InChI=1S/C18H23NO5/c1-3-4-5-11-18(2)12-10-15(16(18)20)24-17(21)13-6-8-14(9-7-13)19(22)23/h6-9,15H,3-5,10-12H2,1-2H3. The van der Waals surface area contributed by atoms with Crippen molar-refractivity contribution in [1.82, 2.24) is 0 Å². The number of hydrogen-bond donors (Lipinski definition) is 0. The number of ketones is 1. The van der Waals surface area contributed by atoms with Gasteiger partial charge >= 0.3 is 5.97 Å². The van der Waals surface area contributed by atoms with Crippen molar-refractivity contribution >= 4 is 17.4 Å². The molecule has 0 bridgehead atoms. The van der Waals surface area contributed by atoms with Gasteiger partial charge in [-0.25, -0.2) is 4.79 Å². The lowest BCUT2D eigenvalue weighted by Crippen LogP contribution is -2.31. The molecule has 130 valence electrons. The summed E-state index contributed by atoms with van der Waals surface area (Å²) in [5, 5.41) is 10.6. The lowest BCUT2D eigenvalue weighted by atomic mass is 9.82. The largest absolute Gasteiger partial charge is 0.451 e. The topological polar surface area (TPSA) is 86.5 Å². The number of rotatable bonds is 7. The number of non-ortho nitro benzene ring substituents is 1. The average Bonchev–Trinajstić information content (AvgIpc) is 2.84. The van der Waals surface area contributed by atoms with Crippen molar-refractivity contribution in [2.75, 3.05) is 0 Å². The highest BCUT2D eigenvalue weighted by Crippen LogP contribution is 2.40. The molecule has 0 amide bonds. The van der Waals surface area contributed by atoms with Gasteiger partial charge in [0, 0.05) is 17.5 Å². The first kappa shape index (κ1) is 18.1. The Morgan fingerprint density at radius 1 is 1.33 bits per heavy atom. The monoisotopic (exact) mass is 333 g/mol. The number of esters is 1. The van der Waals surface area contributed by atoms with Crippen molar-refractivity contribution in [3.05, 3.63) is 39.9 Å². The fourth-order valence-corrected chi connectivity index (χ4v) is 3.13. The van der Waals surface area contributed by atoms with Gasteiger partial charge in [0.05, 0.1) is 10.5 Å². The molecule has 0 saturated heterocycles. The van der Waals surface area contributed by atoms with Gasteiger partial charge < -0.3 is 4.74 Å². The predicted molar refractivity (Wildman–Crippen MR) is 88.8 cm³/mol. The van der Waals surface area contributed by atoms with Crippen LogP contribution in [0, 0.1) is 15.5 Å². The molecule has 0 heterocycles. The van der Waals surface area contributed by atoms with Crippen LogP contribution in [0.15, 0.2) is 24.3 Å². The number of nitro groups is 1. The third-order valence-corrected chi connectivity index (χ3v) is 4.74. The third kappa shape index (κ3) is 3.99. The number of unbranched alkanes of at least 4 members (excludes halogenated alkanes) is 2. The van der Waals surface area contributed by atoms with E-state index in [0.29, 0.717) is 6.42 Å². The van der Waals surface area contributed by atoms with Crippen LogP contribution in [0.25, 0.3) is 0 Å². The van der Waals surface area contributed by atoms with Gasteiger partial charge in [-0.2, -0.15) is 0 Å². The molecule has 0 spiro atoms.